The minimum Gasteiger partial charge on any atom is -0.315 e. The maximum absolute atomic E-state index is 12.7. The molecule has 0 amide bonds. The van der Waals surface area contributed by atoms with Crippen molar-refractivity contribution in [2.75, 3.05) is 0 Å². The molecule has 0 aliphatic rings. The average Bonchev–Trinajstić information content (AvgIpc) is 2.24. The van der Waals surface area contributed by atoms with Gasteiger partial charge < -0.3 is 4.65 Å². The van der Waals surface area contributed by atoms with E-state index in [1.807, 2.05) is 0 Å². The molecule has 0 aliphatic heterocycles. The first-order chi connectivity index (χ1) is 9.67. The maximum Gasteiger partial charge on any atom is 0.725 e. The van der Waals surface area contributed by atoms with Crippen molar-refractivity contribution in [3.05, 3.63) is 0 Å². The highest BCUT2D eigenvalue weighted by molar-refractivity contribution is 6.34. The van der Waals surface area contributed by atoms with E-state index in [9.17, 15) is 65.7 Å². The quantitative estimate of drug-likeness (QED) is 0.480. The number of alkyl halides is 13. The van der Waals surface area contributed by atoms with Gasteiger partial charge in [0.2, 0.25) is 0 Å². The molecule has 0 spiro atoms. The molecule has 0 saturated heterocycles. The fourth-order valence-electron chi connectivity index (χ4n) is 0.941. The van der Waals surface area contributed by atoms with Crippen LogP contribution in [0.15, 0.2) is 0 Å². The summed E-state index contributed by atoms with van der Waals surface area (Å²) in [6.07, 6.45) is -14.8. The van der Waals surface area contributed by atoms with E-state index in [0.717, 1.165) is 0 Å². The van der Waals surface area contributed by atoms with E-state index in [2.05, 4.69) is 0 Å². The van der Waals surface area contributed by atoms with E-state index in [1.54, 1.807) is 4.65 Å². The third-order valence-corrected chi connectivity index (χ3v) is 2.14. The fourth-order valence-corrected chi connectivity index (χ4v) is 0.941. The second-order valence-electron chi connectivity index (χ2n) is 3.69. The summed E-state index contributed by atoms with van der Waals surface area (Å²) in [5, 5.41) is 0. The summed E-state index contributed by atoms with van der Waals surface area (Å²) in [6, 6.07) is 0. The standard InChI is InChI=1S/C6BF15O/c8-1(9,3(12,13)5(16,17)18)2(10,11)4(14,15)6(19,20)23-7(21)22. The Morgan fingerprint density at radius 3 is 1.04 bits per heavy atom. The summed E-state index contributed by atoms with van der Waals surface area (Å²) in [5.74, 6) is -32.1. The van der Waals surface area contributed by atoms with Crippen molar-refractivity contribution in [1.29, 1.82) is 0 Å². The highest BCUT2D eigenvalue weighted by atomic mass is 19.4. The molecule has 0 heterocycles. The summed E-state index contributed by atoms with van der Waals surface area (Å²) < 4.78 is 184. The molecule has 0 rings (SSSR count). The summed E-state index contributed by atoms with van der Waals surface area (Å²) in [4.78, 5) is 0. The van der Waals surface area contributed by atoms with Crippen molar-refractivity contribution in [1.82, 2.24) is 0 Å². The lowest BCUT2D eigenvalue weighted by molar-refractivity contribution is -0.458. The molecule has 0 unspecified atom stereocenters. The van der Waals surface area contributed by atoms with E-state index < -0.39 is 43.4 Å². The molecule has 0 aromatic carbocycles. The normalized spacial score (nSPS) is 15.8. The van der Waals surface area contributed by atoms with Crippen molar-refractivity contribution >= 4 is 7.47 Å². The van der Waals surface area contributed by atoms with Crippen molar-refractivity contribution < 1.29 is 70.4 Å². The highest BCUT2D eigenvalue weighted by Gasteiger charge is 2.91. The molecule has 0 saturated carbocycles. The molecular formula is C6BF15O. The lowest BCUT2D eigenvalue weighted by atomic mass is 9.97. The van der Waals surface area contributed by atoms with Crippen LogP contribution in [0.4, 0.5) is 65.7 Å². The van der Waals surface area contributed by atoms with Crippen molar-refractivity contribution in [2.24, 2.45) is 0 Å². The van der Waals surface area contributed by atoms with Gasteiger partial charge in [-0.05, 0) is 0 Å². The summed E-state index contributed by atoms with van der Waals surface area (Å²) in [5.41, 5.74) is 0. The molecule has 0 radical (unpaired) electrons. The smallest absolute Gasteiger partial charge is 0.315 e. The predicted molar refractivity (Wildman–Crippen MR) is 39.8 cm³/mol. The molecule has 0 aromatic rings. The zero-order valence-electron chi connectivity index (χ0n) is 9.66. The summed E-state index contributed by atoms with van der Waals surface area (Å²) in [6.45, 7) is 0. The lowest BCUT2D eigenvalue weighted by Gasteiger charge is -2.39. The Morgan fingerprint density at radius 1 is 0.478 bits per heavy atom. The Labute approximate surface area is 115 Å². The molecule has 0 bridgehead atoms. The van der Waals surface area contributed by atoms with Crippen LogP contribution in [0.3, 0.4) is 0 Å². The van der Waals surface area contributed by atoms with Gasteiger partial charge in [-0.15, -0.1) is 0 Å². The number of hydrogen-bond donors (Lipinski definition) is 0. The van der Waals surface area contributed by atoms with E-state index in [-0.39, 0.29) is 0 Å². The molecule has 138 valence electrons. The number of hydrogen-bond acceptors (Lipinski definition) is 1. The first-order valence-corrected chi connectivity index (χ1v) is 4.58. The van der Waals surface area contributed by atoms with Gasteiger partial charge in [-0.1, -0.05) is 0 Å². The summed E-state index contributed by atoms with van der Waals surface area (Å²) in [7, 11) is -4.98. The van der Waals surface area contributed by atoms with Crippen LogP contribution < -0.4 is 0 Å². The largest absolute Gasteiger partial charge is 0.725 e. The zero-order chi connectivity index (χ0) is 19.3. The van der Waals surface area contributed by atoms with Gasteiger partial charge in [0.15, 0.2) is 0 Å². The van der Waals surface area contributed by atoms with Crippen LogP contribution in [0, 0.1) is 0 Å². The van der Waals surface area contributed by atoms with Gasteiger partial charge in [-0.3, -0.25) is 8.63 Å². The van der Waals surface area contributed by atoms with E-state index in [1.165, 1.54) is 0 Å². The Morgan fingerprint density at radius 2 is 0.783 bits per heavy atom. The van der Waals surface area contributed by atoms with Gasteiger partial charge in [0.05, 0.1) is 0 Å². The van der Waals surface area contributed by atoms with E-state index >= 15 is 0 Å². The van der Waals surface area contributed by atoms with Crippen LogP contribution in [0.2, 0.25) is 0 Å². The molecule has 23 heavy (non-hydrogen) atoms. The molecular weight excluding hydrogens is 384 g/mol. The maximum atomic E-state index is 12.7. The van der Waals surface area contributed by atoms with Crippen LogP contribution in [-0.4, -0.2) is 43.4 Å². The van der Waals surface area contributed by atoms with Crippen molar-refractivity contribution in [2.45, 2.75) is 36.0 Å². The number of halogens is 15. The number of rotatable bonds is 6. The first-order valence-electron chi connectivity index (χ1n) is 4.58. The minimum absolute atomic E-state index is 1.63. The lowest BCUT2D eigenvalue weighted by Crippen LogP contribution is -2.70. The van der Waals surface area contributed by atoms with Gasteiger partial charge >= 0.3 is 43.4 Å². The molecule has 0 N–H and O–H groups in total. The van der Waals surface area contributed by atoms with Crippen molar-refractivity contribution in [3.8, 4) is 0 Å². The zero-order valence-corrected chi connectivity index (χ0v) is 9.66. The van der Waals surface area contributed by atoms with Crippen LogP contribution in [0.1, 0.15) is 0 Å². The molecule has 0 aromatic heterocycles. The van der Waals surface area contributed by atoms with Gasteiger partial charge in [0.25, 0.3) is 0 Å². The summed E-state index contributed by atoms with van der Waals surface area (Å²) >= 11 is 0. The van der Waals surface area contributed by atoms with Gasteiger partial charge in [-0.2, -0.15) is 57.1 Å². The Kier molecular flexibility index (Phi) is 5.26. The Balaban J connectivity index is 6.14. The third kappa shape index (κ3) is 3.15. The molecule has 0 atom stereocenters. The second-order valence-corrected chi connectivity index (χ2v) is 3.69. The average molecular weight is 384 g/mol. The van der Waals surface area contributed by atoms with Gasteiger partial charge in [-0.25, -0.2) is 0 Å². The Bertz CT molecular complexity index is 424. The van der Waals surface area contributed by atoms with Crippen LogP contribution in [0.25, 0.3) is 0 Å². The van der Waals surface area contributed by atoms with Crippen LogP contribution >= 0.6 is 0 Å². The minimum atomic E-state index is -8.14. The molecule has 17 heteroatoms. The van der Waals surface area contributed by atoms with E-state index in [4.69, 9.17) is 0 Å². The van der Waals surface area contributed by atoms with Crippen LogP contribution in [-0.2, 0) is 4.65 Å². The predicted octanol–water partition coefficient (Wildman–Crippen LogP) is 4.62. The Hall–Kier alpha value is -1.03. The third-order valence-electron chi connectivity index (χ3n) is 2.14. The van der Waals surface area contributed by atoms with Crippen LogP contribution in [0.5, 0.6) is 0 Å². The second kappa shape index (κ2) is 5.51. The van der Waals surface area contributed by atoms with Gasteiger partial charge in [0, 0.05) is 0 Å². The van der Waals surface area contributed by atoms with Gasteiger partial charge in [0.1, 0.15) is 0 Å². The monoisotopic (exact) mass is 384 g/mol. The van der Waals surface area contributed by atoms with Crippen molar-refractivity contribution in [3.63, 3.8) is 0 Å². The molecule has 0 aliphatic carbocycles. The highest BCUT2D eigenvalue weighted by Crippen LogP contribution is 2.60. The molecule has 1 nitrogen and oxygen atoms in total. The fraction of sp³-hybridized carbons (Fsp3) is 1.00. The topological polar surface area (TPSA) is 9.23 Å². The SMILES string of the molecule is FB(F)OC(F)(F)C(F)(F)C(F)(F)C(F)(F)C(F)(F)C(F)(F)F. The van der Waals surface area contributed by atoms with E-state index in [0.29, 0.717) is 0 Å². The molecule has 0 fully saturated rings. The first kappa shape index (κ1) is 22.0.